The van der Waals surface area contributed by atoms with Crippen molar-refractivity contribution in [2.45, 2.75) is 33.1 Å². The number of carboxylic acid groups (broad SMARTS) is 1. The van der Waals surface area contributed by atoms with Gasteiger partial charge in [0.15, 0.2) is 0 Å². The average Bonchev–Trinajstić information content (AvgIpc) is 2.18. The maximum atomic E-state index is 13.6. The first-order valence-corrected chi connectivity index (χ1v) is 4.97. The molecule has 0 saturated heterocycles. The van der Waals surface area contributed by atoms with Crippen LogP contribution in [0.3, 0.4) is 0 Å². The molecule has 0 heterocycles. The largest absolute Gasteiger partial charge is 0.481 e. The van der Waals surface area contributed by atoms with Crippen LogP contribution in [0.15, 0.2) is 12.1 Å². The number of aryl methyl sites for hydroxylation is 1. The molecule has 1 aromatic carbocycles. The number of hydrogen-bond acceptors (Lipinski definition) is 1. The first-order chi connectivity index (χ1) is 6.99. The number of hydrogen-bond donors (Lipinski definition) is 1. The SMILES string of the molecule is CCC(C(=O)O)c1c(F)ccc(C)c1C. The molecule has 1 rings (SSSR count). The van der Waals surface area contributed by atoms with Gasteiger partial charge in [0.1, 0.15) is 5.82 Å². The molecule has 0 amide bonds. The number of halogens is 1. The third-order valence-electron chi connectivity index (χ3n) is 2.79. The van der Waals surface area contributed by atoms with E-state index in [0.717, 1.165) is 11.1 Å². The van der Waals surface area contributed by atoms with Crippen molar-refractivity contribution in [3.05, 3.63) is 34.6 Å². The second-order valence-electron chi connectivity index (χ2n) is 3.70. The van der Waals surface area contributed by atoms with Gasteiger partial charge in [-0.15, -0.1) is 0 Å². The number of aliphatic carboxylic acids is 1. The summed E-state index contributed by atoms with van der Waals surface area (Å²) in [7, 11) is 0. The van der Waals surface area contributed by atoms with Crippen LogP contribution in [0.25, 0.3) is 0 Å². The molecular formula is C12H15FO2. The van der Waals surface area contributed by atoms with Crippen molar-refractivity contribution in [3.8, 4) is 0 Å². The summed E-state index contributed by atoms with van der Waals surface area (Å²) < 4.78 is 13.6. The molecule has 0 aliphatic rings. The van der Waals surface area contributed by atoms with Gasteiger partial charge in [-0.1, -0.05) is 13.0 Å². The summed E-state index contributed by atoms with van der Waals surface area (Å²) in [5.41, 5.74) is 1.99. The van der Waals surface area contributed by atoms with E-state index in [-0.39, 0.29) is 0 Å². The molecule has 0 fully saturated rings. The monoisotopic (exact) mass is 210 g/mol. The second kappa shape index (κ2) is 4.43. The Kier molecular flexibility index (Phi) is 3.45. The molecule has 1 N–H and O–H groups in total. The van der Waals surface area contributed by atoms with Gasteiger partial charge in [0.25, 0.3) is 0 Å². The van der Waals surface area contributed by atoms with Crippen molar-refractivity contribution in [1.29, 1.82) is 0 Å². The Hall–Kier alpha value is -1.38. The number of rotatable bonds is 3. The maximum absolute atomic E-state index is 13.6. The van der Waals surface area contributed by atoms with Gasteiger partial charge in [0.2, 0.25) is 0 Å². The fourth-order valence-electron chi connectivity index (χ4n) is 1.73. The molecule has 0 bridgehead atoms. The van der Waals surface area contributed by atoms with Gasteiger partial charge in [0.05, 0.1) is 5.92 Å². The normalized spacial score (nSPS) is 12.5. The van der Waals surface area contributed by atoms with E-state index in [0.29, 0.717) is 12.0 Å². The fourth-order valence-corrected chi connectivity index (χ4v) is 1.73. The van der Waals surface area contributed by atoms with E-state index >= 15 is 0 Å². The molecule has 15 heavy (non-hydrogen) atoms. The van der Waals surface area contributed by atoms with Crippen LogP contribution in [0.2, 0.25) is 0 Å². The highest BCUT2D eigenvalue weighted by Gasteiger charge is 2.23. The molecule has 1 aromatic rings. The summed E-state index contributed by atoms with van der Waals surface area (Å²) in [6.45, 7) is 5.37. The van der Waals surface area contributed by atoms with Crippen LogP contribution in [-0.4, -0.2) is 11.1 Å². The molecular weight excluding hydrogens is 195 g/mol. The van der Waals surface area contributed by atoms with Crippen molar-refractivity contribution in [3.63, 3.8) is 0 Å². The van der Waals surface area contributed by atoms with Gasteiger partial charge < -0.3 is 5.11 Å². The van der Waals surface area contributed by atoms with Crippen LogP contribution < -0.4 is 0 Å². The lowest BCUT2D eigenvalue weighted by Crippen LogP contribution is -2.14. The molecule has 82 valence electrons. The number of carboxylic acids is 1. The van der Waals surface area contributed by atoms with Gasteiger partial charge in [0, 0.05) is 5.56 Å². The molecule has 0 aliphatic heterocycles. The lowest BCUT2D eigenvalue weighted by Gasteiger charge is -2.15. The summed E-state index contributed by atoms with van der Waals surface area (Å²) in [5.74, 6) is -2.14. The van der Waals surface area contributed by atoms with E-state index in [1.165, 1.54) is 6.07 Å². The highest BCUT2D eigenvalue weighted by molar-refractivity contribution is 5.76. The smallest absolute Gasteiger partial charge is 0.311 e. The lowest BCUT2D eigenvalue weighted by molar-refractivity contribution is -0.138. The minimum atomic E-state index is -0.967. The predicted molar refractivity (Wildman–Crippen MR) is 56.5 cm³/mol. The van der Waals surface area contributed by atoms with Crippen LogP contribution in [0.4, 0.5) is 4.39 Å². The molecule has 0 aliphatic carbocycles. The molecule has 1 unspecified atom stereocenters. The Morgan fingerprint density at radius 3 is 2.53 bits per heavy atom. The van der Waals surface area contributed by atoms with Gasteiger partial charge in [-0.05, 0) is 37.5 Å². The molecule has 0 spiro atoms. The quantitative estimate of drug-likeness (QED) is 0.832. The van der Waals surface area contributed by atoms with Crippen LogP contribution in [0, 0.1) is 19.7 Å². The van der Waals surface area contributed by atoms with Crippen molar-refractivity contribution >= 4 is 5.97 Å². The first kappa shape index (κ1) is 11.7. The van der Waals surface area contributed by atoms with Crippen LogP contribution in [-0.2, 0) is 4.79 Å². The maximum Gasteiger partial charge on any atom is 0.311 e. The van der Waals surface area contributed by atoms with E-state index in [9.17, 15) is 9.18 Å². The fraction of sp³-hybridized carbons (Fsp3) is 0.417. The van der Waals surface area contributed by atoms with Crippen LogP contribution in [0.1, 0.15) is 36.0 Å². The summed E-state index contributed by atoms with van der Waals surface area (Å²) in [5, 5.41) is 9.00. The lowest BCUT2D eigenvalue weighted by atomic mass is 9.90. The Morgan fingerprint density at radius 1 is 1.47 bits per heavy atom. The van der Waals surface area contributed by atoms with Crippen molar-refractivity contribution in [2.24, 2.45) is 0 Å². The van der Waals surface area contributed by atoms with Crippen molar-refractivity contribution in [2.75, 3.05) is 0 Å². The van der Waals surface area contributed by atoms with Gasteiger partial charge in [-0.25, -0.2) is 4.39 Å². The standard InChI is InChI=1S/C12H15FO2/c1-4-9(12(14)15)11-8(3)7(2)5-6-10(11)13/h5-6,9H,4H2,1-3H3,(H,14,15). The van der Waals surface area contributed by atoms with E-state index in [4.69, 9.17) is 5.11 Å². The highest BCUT2D eigenvalue weighted by Crippen LogP contribution is 2.27. The summed E-state index contributed by atoms with van der Waals surface area (Å²) in [4.78, 5) is 11.0. The molecule has 2 nitrogen and oxygen atoms in total. The summed E-state index contributed by atoms with van der Waals surface area (Å²) in [6, 6.07) is 3.01. The molecule has 0 saturated carbocycles. The third kappa shape index (κ3) is 2.17. The van der Waals surface area contributed by atoms with Gasteiger partial charge in [-0.2, -0.15) is 0 Å². The zero-order valence-corrected chi connectivity index (χ0v) is 9.17. The molecule has 0 radical (unpaired) electrons. The Bertz CT molecular complexity index is 385. The first-order valence-electron chi connectivity index (χ1n) is 4.97. The minimum Gasteiger partial charge on any atom is -0.481 e. The zero-order valence-electron chi connectivity index (χ0n) is 9.17. The van der Waals surface area contributed by atoms with Crippen LogP contribution >= 0.6 is 0 Å². The summed E-state index contributed by atoms with van der Waals surface area (Å²) in [6.07, 6.45) is 0.399. The molecule has 3 heteroatoms. The summed E-state index contributed by atoms with van der Waals surface area (Å²) >= 11 is 0. The van der Waals surface area contributed by atoms with E-state index < -0.39 is 17.7 Å². The Labute approximate surface area is 88.7 Å². The number of carbonyl (C=O) groups is 1. The minimum absolute atomic E-state index is 0.324. The molecule has 0 aromatic heterocycles. The van der Waals surface area contributed by atoms with E-state index in [1.54, 1.807) is 19.9 Å². The van der Waals surface area contributed by atoms with Crippen LogP contribution in [0.5, 0.6) is 0 Å². The highest BCUT2D eigenvalue weighted by atomic mass is 19.1. The average molecular weight is 210 g/mol. The zero-order chi connectivity index (χ0) is 11.6. The van der Waals surface area contributed by atoms with Gasteiger partial charge >= 0.3 is 5.97 Å². The third-order valence-corrected chi connectivity index (χ3v) is 2.79. The topological polar surface area (TPSA) is 37.3 Å². The van der Waals surface area contributed by atoms with E-state index in [2.05, 4.69) is 0 Å². The van der Waals surface area contributed by atoms with Crippen molar-refractivity contribution in [1.82, 2.24) is 0 Å². The van der Waals surface area contributed by atoms with Gasteiger partial charge in [-0.3, -0.25) is 4.79 Å². The van der Waals surface area contributed by atoms with E-state index in [1.807, 2.05) is 6.92 Å². The van der Waals surface area contributed by atoms with Crippen molar-refractivity contribution < 1.29 is 14.3 Å². The Balaban J connectivity index is 3.34. The predicted octanol–water partition coefficient (Wildman–Crippen LogP) is 3.02. The second-order valence-corrected chi connectivity index (χ2v) is 3.70. The Morgan fingerprint density at radius 2 is 2.07 bits per heavy atom. The number of benzene rings is 1. The molecule has 1 atom stereocenters.